The second-order valence-electron chi connectivity index (χ2n) is 7.90. The van der Waals surface area contributed by atoms with Crippen molar-refractivity contribution in [1.29, 1.82) is 0 Å². The Morgan fingerprint density at radius 3 is 2.55 bits per heavy atom. The zero-order chi connectivity index (χ0) is 15.9. The first-order valence-corrected chi connectivity index (χ1v) is 8.12. The lowest BCUT2D eigenvalue weighted by Gasteiger charge is -2.33. The lowest BCUT2D eigenvalue weighted by atomic mass is 9.69. The Balaban J connectivity index is 1.90. The number of ether oxygens (including phenoxy) is 1. The molecule has 3 aliphatic carbocycles. The van der Waals surface area contributed by atoms with Gasteiger partial charge in [0.1, 0.15) is 5.75 Å². The number of methoxy groups -OCH3 is 1. The maximum atomic E-state index is 13.2. The van der Waals surface area contributed by atoms with Gasteiger partial charge in [0, 0.05) is 22.5 Å². The van der Waals surface area contributed by atoms with Gasteiger partial charge >= 0.3 is 0 Å². The summed E-state index contributed by atoms with van der Waals surface area (Å²) in [7, 11) is 1.61. The Morgan fingerprint density at radius 1 is 1.14 bits per heavy atom. The average Bonchev–Trinajstić information content (AvgIpc) is 3.17. The molecule has 0 saturated heterocycles. The van der Waals surface area contributed by atoms with Gasteiger partial charge in [0.2, 0.25) is 0 Å². The fraction of sp³-hybridized carbons (Fsp3) is 0.579. The number of hydrogen-bond acceptors (Lipinski definition) is 3. The van der Waals surface area contributed by atoms with Crippen molar-refractivity contribution >= 4 is 11.6 Å². The van der Waals surface area contributed by atoms with Gasteiger partial charge in [-0.05, 0) is 48.8 Å². The molecule has 3 aliphatic rings. The van der Waals surface area contributed by atoms with Crippen LogP contribution in [0.5, 0.6) is 5.75 Å². The molecule has 0 radical (unpaired) electrons. The number of ketones is 2. The number of Topliss-reactive ketones (excluding diaryl/α,β-unsaturated/α-hetero) is 2. The molecule has 0 aliphatic heterocycles. The normalized spacial score (nSPS) is 34.5. The Bertz CT molecular complexity index is 716. The van der Waals surface area contributed by atoms with Gasteiger partial charge in [-0.1, -0.05) is 20.3 Å². The first kappa shape index (κ1) is 14.0. The van der Waals surface area contributed by atoms with Crippen LogP contribution < -0.4 is 4.74 Å². The van der Waals surface area contributed by atoms with E-state index < -0.39 is 5.41 Å². The maximum absolute atomic E-state index is 13.2. The van der Waals surface area contributed by atoms with Crippen molar-refractivity contribution in [3.05, 3.63) is 28.8 Å². The summed E-state index contributed by atoms with van der Waals surface area (Å²) in [5, 5.41) is 0. The van der Waals surface area contributed by atoms with Gasteiger partial charge < -0.3 is 4.74 Å². The first-order chi connectivity index (χ1) is 10.3. The fourth-order valence-electron chi connectivity index (χ4n) is 5.39. The Kier molecular flexibility index (Phi) is 2.55. The SMILES string of the molecule is COc1cc2c(cc1C)C(=O)[C@@H]1[C@H]3C(C)(C)CCCC13C2=O. The summed E-state index contributed by atoms with van der Waals surface area (Å²) in [5.41, 5.74) is 1.79. The molecule has 0 heterocycles. The van der Waals surface area contributed by atoms with E-state index in [1.165, 1.54) is 0 Å². The van der Waals surface area contributed by atoms with Crippen LogP contribution in [0.2, 0.25) is 0 Å². The molecule has 3 heteroatoms. The molecule has 0 N–H and O–H groups in total. The lowest BCUT2D eigenvalue weighted by molar-refractivity contribution is 0.0752. The quantitative estimate of drug-likeness (QED) is 0.791. The zero-order valence-corrected chi connectivity index (χ0v) is 13.7. The molecule has 3 atom stereocenters. The summed E-state index contributed by atoms with van der Waals surface area (Å²) >= 11 is 0. The summed E-state index contributed by atoms with van der Waals surface area (Å²) in [5.74, 6) is 1.19. The molecular formula is C19H22O3. The van der Waals surface area contributed by atoms with Crippen molar-refractivity contribution < 1.29 is 14.3 Å². The summed E-state index contributed by atoms with van der Waals surface area (Å²) in [6, 6.07) is 3.63. The number of hydrogen-bond donors (Lipinski definition) is 0. The minimum Gasteiger partial charge on any atom is -0.496 e. The van der Waals surface area contributed by atoms with Gasteiger partial charge in [-0.15, -0.1) is 0 Å². The predicted octanol–water partition coefficient (Wildman–Crippen LogP) is 3.83. The molecule has 0 bridgehead atoms. The zero-order valence-electron chi connectivity index (χ0n) is 13.7. The lowest BCUT2D eigenvalue weighted by Crippen LogP contribution is -2.33. The van der Waals surface area contributed by atoms with Crippen molar-refractivity contribution in [2.45, 2.75) is 40.0 Å². The van der Waals surface area contributed by atoms with Crippen molar-refractivity contribution in [3.63, 3.8) is 0 Å². The molecule has 22 heavy (non-hydrogen) atoms. The van der Waals surface area contributed by atoms with Gasteiger partial charge in [-0.2, -0.15) is 0 Å². The van der Waals surface area contributed by atoms with E-state index in [1.54, 1.807) is 13.2 Å². The van der Waals surface area contributed by atoms with E-state index in [0.717, 1.165) is 24.8 Å². The average molecular weight is 298 g/mol. The van der Waals surface area contributed by atoms with Crippen molar-refractivity contribution in [2.24, 2.45) is 22.7 Å². The highest BCUT2D eigenvalue weighted by Crippen LogP contribution is 2.75. The highest BCUT2D eigenvalue weighted by molar-refractivity contribution is 6.21. The number of aryl methyl sites for hydroxylation is 1. The van der Waals surface area contributed by atoms with Gasteiger partial charge in [0.05, 0.1) is 7.11 Å². The topological polar surface area (TPSA) is 43.4 Å². The summed E-state index contributed by atoms with van der Waals surface area (Å²) in [6.07, 6.45) is 3.01. The Morgan fingerprint density at radius 2 is 1.86 bits per heavy atom. The van der Waals surface area contributed by atoms with E-state index in [4.69, 9.17) is 4.74 Å². The van der Waals surface area contributed by atoms with E-state index in [2.05, 4.69) is 13.8 Å². The van der Waals surface area contributed by atoms with E-state index in [0.29, 0.717) is 16.9 Å². The maximum Gasteiger partial charge on any atom is 0.170 e. The summed E-state index contributed by atoms with van der Waals surface area (Å²) < 4.78 is 5.35. The predicted molar refractivity (Wildman–Crippen MR) is 83.4 cm³/mol. The number of fused-ring (bicyclic) bond motifs is 2. The van der Waals surface area contributed by atoms with Crippen LogP contribution in [0.3, 0.4) is 0 Å². The van der Waals surface area contributed by atoms with Gasteiger partial charge in [-0.25, -0.2) is 0 Å². The molecule has 0 amide bonds. The van der Waals surface area contributed by atoms with Crippen LogP contribution in [0.1, 0.15) is 59.4 Å². The van der Waals surface area contributed by atoms with E-state index in [1.807, 2.05) is 13.0 Å². The van der Waals surface area contributed by atoms with E-state index in [-0.39, 0.29) is 28.8 Å². The molecule has 3 nitrogen and oxygen atoms in total. The Labute approximate surface area is 131 Å². The highest BCUT2D eigenvalue weighted by Gasteiger charge is 2.78. The van der Waals surface area contributed by atoms with Crippen molar-refractivity contribution in [3.8, 4) is 5.75 Å². The minimum absolute atomic E-state index is 0.0788. The van der Waals surface area contributed by atoms with Crippen LogP contribution in [0.25, 0.3) is 0 Å². The van der Waals surface area contributed by atoms with Crippen LogP contribution in [0.4, 0.5) is 0 Å². The molecule has 2 saturated carbocycles. The third-order valence-electron chi connectivity index (χ3n) is 6.34. The van der Waals surface area contributed by atoms with Crippen LogP contribution in [0.15, 0.2) is 12.1 Å². The number of carbonyl (C=O) groups is 2. The van der Waals surface area contributed by atoms with Crippen LogP contribution in [0, 0.1) is 29.6 Å². The third kappa shape index (κ3) is 1.42. The van der Waals surface area contributed by atoms with Gasteiger partial charge in [0.25, 0.3) is 0 Å². The van der Waals surface area contributed by atoms with Crippen molar-refractivity contribution in [1.82, 2.24) is 0 Å². The minimum atomic E-state index is -0.411. The second kappa shape index (κ2) is 4.01. The Hall–Kier alpha value is -1.64. The smallest absolute Gasteiger partial charge is 0.170 e. The summed E-state index contributed by atoms with van der Waals surface area (Å²) in [4.78, 5) is 26.2. The third-order valence-corrected chi connectivity index (χ3v) is 6.34. The van der Waals surface area contributed by atoms with Crippen LogP contribution in [-0.2, 0) is 0 Å². The molecule has 4 rings (SSSR count). The molecule has 1 spiro atoms. The second-order valence-corrected chi connectivity index (χ2v) is 7.90. The standard InChI is InChI=1S/C19H22O3/c1-10-8-11-12(9-13(10)22-4)17(21)19-7-5-6-18(2,3)16(19)14(19)15(11)20/h8-9,14,16H,5-7H2,1-4H3/t14-,16+,19?/m1/s1. The van der Waals surface area contributed by atoms with Gasteiger partial charge in [0.15, 0.2) is 11.6 Å². The molecule has 2 fully saturated rings. The molecule has 0 aromatic heterocycles. The molecular weight excluding hydrogens is 276 g/mol. The summed E-state index contributed by atoms with van der Waals surface area (Å²) in [6.45, 7) is 6.35. The molecule has 1 aromatic carbocycles. The van der Waals surface area contributed by atoms with Crippen molar-refractivity contribution in [2.75, 3.05) is 7.11 Å². The first-order valence-electron chi connectivity index (χ1n) is 8.12. The largest absolute Gasteiger partial charge is 0.496 e. The number of rotatable bonds is 1. The number of carbonyl (C=O) groups excluding carboxylic acids is 2. The van der Waals surface area contributed by atoms with Crippen LogP contribution in [-0.4, -0.2) is 18.7 Å². The van der Waals surface area contributed by atoms with Crippen LogP contribution >= 0.6 is 0 Å². The number of benzene rings is 1. The molecule has 1 unspecified atom stereocenters. The molecule has 1 aromatic rings. The van der Waals surface area contributed by atoms with E-state index >= 15 is 0 Å². The van der Waals surface area contributed by atoms with Gasteiger partial charge in [-0.3, -0.25) is 9.59 Å². The van der Waals surface area contributed by atoms with E-state index in [9.17, 15) is 9.59 Å². The molecule has 116 valence electrons. The monoisotopic (exact) mass is 298 g/mol. The highest BCUT2D eigenvalue weighted by atomic mass is 16.5. The fourth-order valence-corrected chi connectivity index (χ4v) is 5.39.